The topological polar surface area (TPSA) is 93.6 Å². The number of ketones is 1. The Kier molecular flexibility index (Phi) is 5.12. The molecule has 1 saturated heterocycles. The number of nitrogens with one attached hydrogen (secondary N) is 1. The number of alkyl halides is 3. The molecule has 0 saturated carbocycles. The van der Waals surface area contributed by atoms with Gasteiger partial charge in [0.25, 0.3) is 11.7 Å². The summed E-state index contributed by atoms with van der Waals surface area (Å²) in [6, 6.07) is 15.4. The number of aliphatic hydroxyl groups is 1. The number of halogens is 3. The highest BCUT2D eigenvalue weighted by Gasteiger charge is 2.47. The van der Waals surface area contributed by atoms with Crippen LogP contribution in [0.25, 0.3) is 16.7 Å². The standard InChI is InChI=1S/C26H17F3N2O4/c27-26(28,29)15-6-4-7-16(12-15)31-22(14-5-3-8-17(32)11-14)21(24(34)25(31)35)23(33)19-13-30-20-10-2-1-9-18(19)20/h1-13,22,30,32-33H/b23-21-. The first kappa shape index (κ1) is 22.3. The van der Waals surface area contributed by atoms with Gasteiger partial charge in [0.2, 0.25) is 0 Å². The van der Waals surface area contributed by atoms with Gasteiger partial charge >= 0.3 is 6.18 Å². The number of aliphatic hydroxyl groups excluding tert-OH is 1. The molecule has 35 heavy (non-hydrogen) atoms. The summed E-state index contributed by atoms with van der Waals surface area (Å²) in [5.41, 5.74) is -0.301. The fourth-order valence-electron chi connectivity index (χ4n) is 4.35. The molecule has 1 fully saturated rings. The Morgan fingerprint density at radius 3 is 2.43 bits per heavy atom. The van der Waals surface area contributed by atoms with Gasteiger partial charge in [0.1, 0.15) is 11.5 Å². The summed E-state index contributed by atoms with van der Waals surface area (Å²) < 4.78 is 40.2. The van der Waals surface area contributed by atoms with Crippen LogP contribution in [0.2, 0.25) is 0 Å². The van der Waals surface area contributed by atoms with E-state index in [0.29, 0.717) is 10.9 Å². The number of aromatic nitrogens is 1. The second-order valence-corrected chi connectivity index (χ2v) is 8.06. The number of aromatic amines is 1. The van der Waals surface area contributed by atoms with Gasteiger partial charge in [-0.05, 0) is 42.0 Å². The summed E-state index contributed by atoms with van der Waals surface area (Å²) in [6.45, 7) is 0. The minimum Gasteiger partial charge on any atom is -0.508 e. The smallest absolute Gasteiger partial charge is 0.416 e. The molecule has 3 aromatic carbocycles. The molecule has 6 nitrogen and oxygen atoms in total. The van der Waals surface area contributed by atoms with Gasteiger partial charge < -0.3 is 15.2 Å². The first-order valence-electron chi connectivity index (χ1n) is 10.5. The van der Waals surface area contributed by atoms with Gasteiger partial charge in [-0.25, -0.2) is 0 Å². The van der Waals surface area contributed by atoms with Crippen molar-refractivity contribution >= 4 is 34.0 Å². The van der Waals surface area contributed by atoms with Crippen molar-refractivity contribution in [3.63, 3.8) is 0 Å². The Labute approximate surface area is 196 Å². The highest BCUT2D eigenvalue weighted by molar-refractivity contribution is 6.51. The van der Waals surface area contributed by atoms with E-state index in [1.165, 1.54) is 36.5 Å². The maximum absolute atomic E-state index is 13.4. The predicted octanol–water partition coefficient (Wildman–Crippen LogP) is 5.52. The SMILES string of the molecule is O=C1C(=O)N(c2cccc(C(F)(F)F)c2)C(c2cccc(O)c2)/C1=C(/O)c1c[nH]c2ccccc12. The number of Topliss-reactive ketones (excluding diaryl/α,β-unsaturated/α-hetero) is 1. The molecule has 1 aromatic heterocycles. The van der Waals surface area contributed by atoms with Crippen molar-refractivity contribution in [2.75, 3.05) is 4.90 Å². The highest BCUT2D eigenvalue weighted by Crippen LogP contribution is 2.44. The first-order valence-corrected chi connectivity index (χ1v) is 10.5. The molecule has 176 valence electrons. The molecule has 4 aromatic rings. The van der Waals surface area contributed by atoms with Crippen LogP contribution in [0.5, 0.6) is 5.75 Å². The third-order valence-corrected chi connectivity index (χ3v) is 5.93. The predicted molar refractivity (Wildman–Crippen MR) is 123 cm³/mol. The zero-order valence-electron chi connectivity index (χ0n) is 17.9. The normalized spacial score (nSPS) is 17.9. The number of H-pyrrole nitrogens is 1. The van der Waals surface area contributed by atoms with Crippen LogP contribution in [0.15, 0.2) is 84.6 Å². The Morgan fingerprint density at radius 2 is 1.69 bits per heavy atom. The molecular weight excluding hydrogens is 461 g/mol. The maximum atomic E-state index is 13.4. The Morgan fingerprint density at radius 1 is 0.943 bits per heavy atom. The van der Waals surface area contributed by atoms with E-state index in [9.17, 15) is 33.0 Å². The van der Waals surface area contributed by atoms with Crippen LogP contribution in [-0.4, -0.2) is 26.9 Å². The van der Waals surface area contributed by atoms with E-state index in [1.807, 2.05) is 0 Å². The average molecular weight is 478 g/mol. The lowest BCUT2D eigenvalue weighted by molar-refractivity contribution is -0.137. The number of anilines is 1. The molecule has 1 aliphatic rings. The molecule has 1 amide bonds. The number of hydrogen-bond donors (Lipinski definition) is 3. The number of benzene rings is 3. The summed E-state index contributed by atoms with van der Waals surface area (Å²) >= 11 is 0. The number of nitrogens with zero attached hydrogens (tertiary/aromatic N) is 1. The summed E-state index contributed by atoms with van der Waals surface area (Å²) in [7, 11) is 0. The molecule has 0 aliphatic carbocycles. The van der Waals surface area contributed by atoms with Gasteiger partial charge in [0.15, 0.2) is 0 Å². The van der Waals surface area contributed by atoms with E-state index in [1.54, 1.807) is 24.3 Å². The van der Waals surface area contributed by atoms with Crippen LogP contribution < -0.4 is 4.90 Å². The van der Waals surface area contributed by atoms with Crippen LogP contribution in [0.4, 0.5) is 18.9 Å². The third-order valence-electron chi connectivity index (χ3n) is 5.93. The zero-order valence-corrected chi connectivity index (χ0v) is 17.9. The molecule has 3 N–H and O–H groups in total. The number of carbonyl (C=O) groups is 2. The first-order chi connectivity index (χ1) is 16.7. The minimum atomic E-state index is -4.67. The lowest BCUT2D eigenvalue weighted by Crippen LogP contribution is -2.29. The molecule has 5 rings (SSSR count). The number of aromatic hydroxyl groups is 1. The van der Waals surface area contributed by atoms with Crippen molar-refractivity contribution in [1.29, 1.82) is 0 Å². The van der Waals surface area contributed by atoms with Crippen molar-refractivity contribution in [3.05, 3.63) is 101 Å². The molecule has 2 heterocycles. The number of phenolic OH excluding ortho intramolecular Hbond substituents is 1. The number of carbonyl (C=O) groups excluding carboxylic acids is 2. The second kappa shape index (κ2) is 8.05. The lowest BCUT2D eigenvalue weighted by Gasteiger charge is -2.26. The average Bonchev–Trinajstić information content (AvgIpc) is 3.37. The Balaban J connectivity index is 1.76. The van der Waals surface area contributed by atoms with Gasteiger partial charge in [0, 0.05) is 28.4 Å². The van der Waals surface area contributed by atoms with Crippen molar-refractivity contribution in [1.82, 2.24) is 4.98 Å². The van der Waals surface area contributed by atoms with E-state index in [0.717, 1.165) is 23.1 Å². The maximum Gasteiger partial charge on any atom is 0.416 e. The number of para-hydroxylation sites is 1. The van der Waals surface area contributed by atoms with Crippen LogP contribution in [0, 0.1) is 0 Å². The Bertz CT molecular complexity index is 1520. The van der Waals surface area contributed by atoms with E-state index in [4.69, 9.17) is 0 Å². The largest absolute Gasteiger partial charge is 0.508 e. The van der Waals surface area contributed by atoms with Gasteiger partial charge in [-0.1, -0.05) is 36.4 Å². The van der Waals surface area contributed by atoms with Crippen molar-refractivity contribution < 1.29 is 33.0 Å². The number of amides is 1. The summed E-state index contributed by atoms with van der Waals surface area (Å²) in [4.78, 5) is 30.3. The zero-order chi connectivity index (χ0) is 24.9. The number of rotatable bonds is 3. The molecule has 1 aliphatic heterocycles. The van der Waals surface area contributed by atoms with Gasteiger partial charge in [0.05, 0.1) is 17.2 Å². The molecule has 9 heteroatoms. The summed E-state index contributed by atoms with van der Waals surface area (Å²) in [5, 5.41) is 21.9. The monoisotopic (exact) mass is 478 g/mol. The molecule has 0 spiro atoms. The number of phenols is 1. The quantitative estimate of drug-likeness (QED) is 0.205. The van der Waals surface area contributed by atoms with Crippen LogP contribution >= 0.6 is 0 Å². The van der Waals surface area contributed by atoms with Crippen molar-refractivity contribution in [3.8, 4) is 5.75 Å². The van der Waals surface area contributed by atoms with E-state index >= 15 is 0 Å². The van der Waals surface area contributed by atoms with Gasteiger partial charge in [-0.2, -0.15) is 13.2 Å². The summed E-state index contributed by atoms with van der Waals surface area (Å²) in [5.74, 6) is -2.81. The minimum absolute atomic E-state index is 0.173. The summed E-state index contributed by atoms with van der Waals surface area (Å²) in [6.07, 6.45) is -3.19. The molecule has 1 atom stereocenters. The second-order valence-electron chi connectivity index (χ2n) is 8.06. The Hall–Kier alpha value is -4.53. The van der Waals surface area contributed by atoms with E-state index in [2.05, 4.69) is 4.98 Å². The molecule has 0 radical (unpaired) electrons. The number of hydrogen-bond acceptors (Lipinski definition) is 4. The fourth-order valence-corrected chi connectivity index (χ4v) is 4.35. The van der Waals surface area contributed by atoms with Gasteiger partial charge in [-0.3, -0.25) is 14.5 Å². The third kappa shape index (κ3) is 3.71. The van der Waals surface area contributed by atoms with Crippen LogP contribution in [0.3, 0.4) is 0 Å². The molecule has 1 unspecified atom stereocenters. The van der Waals surface area contributed by atoms with Crippen molar-refractivity contribution in [2.45, 2.75) is 12.2 Å². The van der Waals surface area contributed by atoms with Crippen molar-refractivity contribution in [2.24, 2.45) is 0 Å². The highest BCUT2D eigenvalue weighted by atomic mass is 19.4. The van der Waals surface area contributed by atoms with Crippen LogP contribution in [-0.2, 0) is 15.8 Å². The lowest BCUT2D eigenvalue weighted by atomic mass is 9.94. The molecular formula is C26H17F3N2O4. The number of fused-ring (bicyclic) bond motifs is 1. The van der Waals surface area contributed by atoms with Gasteiger partial charge in [-0.15, -0.1) is 0 Å². The fraction of sp³-hybridized carbons (Fsp3) is 0.0769. The van der Waals surface area contributed by atoms with E-state index in [-0.39, 0.29) is 28.1 Å². The molecule has 0 bridgehead atoms. The van der Waals surface area contributed by atoms with E-state index < -0.39 is 35.2 Å². The van der Waals surface area contributed by atoms with Crippen LogP contribution in [0.1, 0.15) is 22.7 Å².